The molecule has 1 aliphatic heterocycles. The van der Waals surface area contributed by atoms with Crippen molar-refractivity contribution in [2.24, 2.45) is 0 Å². The van der Waals surface area contributed by atoms with Crippen LogP contribution in [0.25, 0.3) is 0 Å². The van der Waals surface area contributed by atoms with Crippen LogP contribution >= 0.6 is 11.6 Å². The van der Waals surface area contributed by atoms with Gasteiger partial charge in [0.25, 0.3) is 0 Å². The minimum absolute atomic E-state index is 0.0906. The molecule has 0 spiro atoms. The number of para-hydroxylation sites is 1. The Morgan fingerprint density at radius 2 is 1.93 bits per heavy atom. The zero-order valence-corrected chi connectivity index (χ0v) is 16.0. The molecule has 0 unspecified atom stereocenters. The minimum atomic E-state index is -0.194. The van der Waals surface area contributed by atoms with Crippen molar-refractivity contribution in [1.29, 1.82) is 0 Å². The molecule has 144 valence electrons. The average molecular weight is 392 g/mol. The third-order valence-electron chi connectivity index (χ3n) is 4.66. The summed E-state index contributed by atoms with van der Waals surface area (Å²) < 4.78 is 19.1. The molecule has 1 fully saturated rings. The van der Waals surface area contributed by atoms with E-state index in [9.17, 15) is 9.18 Å². The van der Waals surface area contributed by atoms with Crippen molar-refractivity contribution in [3.05, 3.63) is 53.3 Å². The first-order chi connectivity index (χ1) is 13.1. The third kappa shape index (κ3) is 5.11. The van der Waals surface area contributed by atoms with E-state index in [4.69, 9.17) is 16.3 Å². The van der Waals surface area contributed by atoms with Crippen LogP contribution in [0.1, 0.15) is 6.42 Å². The quantitative estimate of drug-likeness (QED) is 0.816. The number of rotatable bonds is 6. The summed E-state index contributed by atoms with van der Waals surface area (Å²) in [6, 6.07) is 11.9. The lowest BCUT2D eigenvalue weighted by Gasteiger charge is -2.36. The van der Waals surface area contributed by atoms with Gasteiger partial charge in [-0.15, -0.1) is 0 Å². The number of nitrogens with zero attached hydrogens (tertiary/aromatic N) is 2. The minimum Gasteiger partial charge on any atom is -0.495 e. The van der Waals surface area contributed by atoms with E-state index in [1.807, 2.05) is 11.0 Å². The summed E-state index contributed by atoms with van der Waals surface area (Å²) in [7, 11) is 1.55. The summed E-state index contributed by atoms with van der Waals surface area (Å²) in [5.41, 5.74) is 1.21. The average Bonchev–Trinajstić information content (AvgIpc) is 2.67. The number of carbonyl (C=O) groups is 1. The molecule has 1 heterocycles. The lowest BCUT2D eigenvalue weighted by atomic mass is 10.2. The predicted molar refractivity (Wildman–Crippen MR) is 106 cm³/mol. The molecule has 0 bridgehead atoms. The topological polar surface area (TPSA) is 44.8 Å². The van der Waals surface area contributed by atoms with Crippen LogP contribution in [0.15, 0.2) is 42.5 Å². The summed E-state index contributed by atoms with van der Waals surface area (Å²) >= 11 is 5.98. The van der Waals surface area contributed by atoms with Crippen LogP contribution in [0, 0.1) is 5.82 Å². The van der Waals surface area contributed by atoms with Crippen LogP contribution in [0.3, 0.4) is 0 Å². The van der Waals surface area contributed by atoms with E-state index in [2.05, 4.69) is 10.2 Å². The molecule has 0 radical (unpaired) electrons. The molecular weight excluding hydrogens is 369 g/mol. The van der Waals surface area contributed by atoms with E-state index < -0.39 is 0 Å². The number of ether oxygens (including phenoxy) is 1. The Morgan fingerprint density at radius 3 is 2.63 bits per heavy atom. The Hall–Kier alpha value is -2.31. The van der Waals surface area contributed by atoms with Crippen LogP contribution in [-0.2, 0) is 4.79 Å². The van der Waals surface area contributed by atoms with Gasteiger partial charge in [0.15, 0.2) is 0 Å². The van der Waals surface area contributed by atoms with Gasteiger partial charge in [-0.05, 0) is 30.3 Å². The maximum atomic E-state index is 13.9. The Labute approximate surface area is 163 Å². The molecule has 0 atom stereocenters. The second-order valence-electron chi connectivity index (χ2n) is 6.42. The highest BCUT2D eigenvalue weighted by Crippen LogP contribution is 2.27. The SMILES string of the molecule is COc1ccc(Cl)cc1NC(=O)CCN1CCN(c2ccccc2F)CC1. The van der Waals surface area contributed by atoms with Gasteiger partial charge in [0, 0.05) is 44.2 Å². The van der Waals surface area contributed by atoms with Crippen molar-refractivity contribution in [1.82, 2.24) is 4.90 Å². The van der Waals surface area contributed by atoms with Gasteiger partial charge < -0.3 is 15.0 Å². The van der Waals surface area contributed by atoms with Crippen molar-refractivity contribution in [2.75, 3.05) is 50.1 Å². The lowest BCUT2D eigenvalue weighted by Crippen LogP contribution is -2.47. The molecule has 0 saturated carbocycles. The Balaban J connectivity index is 1.47. The van der Waals surface area contributed by atoms with E-state index in [0.29, 0.717) is 35.1 Å². The normalized spacial score (nSPS) is 14.9. The number of hydrogen-bond donors (Lipinski definition) is 1. The van der Waals surface area contributed by atoms with Crippen molar-refractivity contribution in [3.8, 4) is 5.75 Å². The highest BCUT2D eigenvalue weighted by Gasteiger charge is 2.19. The summed E-state index contributed by atoms with van der Waals surface area (Å²) in [6.45, 7) is 3.72. The molecule has 1 aliphatic rings. The zero-order valence-electron chi connectivity index (χ0n) is 15.3. The molecular formula is C20H23ClFN3O2. The van der Waals surface area contributed by atoms with E-state index in [-0.39, 0.29) is 11.7 Å². The predicted octanol–water partition coefficient (Wildman–Crippen LogP) is 3.64. The van der Waals surface area contributed by atoms with E-state index in [1.54, 1.807) is 37.4 Å². The number of hydrogen-bond acceptors (Lipinski definition) is 4. The highest BCUT2D eigenvalue weighted by molar-refractivity contribution is 6.31. The monoisotopic (exact) mass is 391 g/mol. The number of methoxy groups -OCH3 is 1. The summed E-state index contributed by atoms with van der Waals surface area (Å²) in [5, 5.41) is 3.39. The van der Waals surface area contributed by atoms with Crippen LogP contribution in [0.5, 0.6) is 5.75 Å². The number of benzene rings is 2. The lowest BCUT2D eigenvalue weighted by molar-refractivity contribution is -0.116. The largest absolute Gasteiger partial charge is 0.495 e. The van der Waals surface area contributed by atoms with Gasteiger partial charge in [-0.3, -0.25) is 9.69 Å². The maximum absolute atomic E-state index is 13.9. The maximum Gasteiger partial charge on any atom is 0.225 e. The smallest absolute Gasteiger partial charge is 0.225 e. The van der Waals surface area contributed by atoms with E-state index in [1.165, 1.54) is 6.07 Å². The molecule has 1 amide bonds. The molecule has 27 heavy (non-hydrogen) atoms. The van der Waals surface area contributed by atoms with Crippen LogP contribution in [-0.4, -0.2) is 50.6 Å². The molecule has 1 saturated heterocycles. The van der Waals surface area contributed by atoms with Crippen LogP contribution < -0.4 is 15.0 Å². The fraction of sp³-hybridized carbons (Fsp3) is 0.350. The van der Waals surface area contributed by atoms with Gasteiger partial charge in [-0.25, -0.2) is 4.39 Å². The van der Waals surface area contributed by atoms with Gasteiger partial charge in [0.2, 0.25) is 5.91 Å². The Bertz CT molecular complexity index is 795. The van der Waals surface area contributed by atoms with Gasteiger partial charge in [-0.2, -0.15) is 0 Å². The number of amides is 1. The fourth-order valence-electron chi connectivity index (χ4n) is 3.17. The molecule has 2 aromatic rings. The third-order valence-corrected chi connectivity index (χ3v) is 4.89. The highest BCUT2D eigenvalue weighted by atomic mass is 35.5. The molecule has 2 aromatic carbocycles. The number of anilines is 2. The standard InChI is InChI=1S/C20H23ClFN3O2/c1-27-19-7-6-15(21)14-17(19)23-20(26)8-9-24-10-12-25(13-11-24)18-5-3-2-4-16(18)22/h2-7,14H,8-13H2,1H3,(H,23,26). The Kier molecular flexibility index (Phi) is 6.53. The second-order valence-corrected chi connectivity index (χ2v) is 6.86. The first-order valence-corrected chi connectivity index (χ1v) is 9.30. The number of piperazine rings is 1. The second kappa shape index (κ2) is 9.06. The summed E-state index contributed by atoms with van der Waals surface area (Å²) in [6.07, 6.45) is 0.370. The van der Waals surface area contributed by atoms with Gasteiger partial charge in [0.05, 0.1) is 18.5 Å². The van der Waals surface area contributed by atoms with Crippen molar-refractivity contribution < 1.29 is 13.9 Å². The Morgan fingerprint density at radius 1 is 1.19 bits per heavy atom. The summed E-state index contributed by atoms with van der Waals surface area (Å²) in [4.78, 5) is 16.5. The fourth-order valence-corrected chi connectivity index (χ4v) is 3.34. The molecule has 5 nitrogen and oxygen atoms in total. The van der Waals surface area contributed by atoms with Crippen LogP contribution in [0.4, 0.5) is 15.8 Å². The van der Waals surface area contributed by atoms with Gasteiger partial charge in [0.1, 0.15) is 11.6 Å². The number of carbonyl (C=O) groups excluding carboxylic acids is 1. The number of nitrogens with one attached hydrogen (secondary N) is 1. The molecule has 0 aliphatic carbocycles. The van der Waals surface area contributed by atoms with Crippen molar-refractivity contribution in [2.45, 2.75) is 6.42 Å². The van der Waals surface area contributed by atoms with Gasteiger partial charge >= 0.3 is 0 Å². The molecule has 0 aromatic heterocycles. The van der Waals surface area contributed by atoms with Gasteiger partial charge in [-0.1, -0.05) is 23.7 Å². The number of halogens is 2. The van der Waals surface area contributed by atoms with E-state index in [0.717, 1.165) is 26.2 Å². The van der Waals surface area contributed by atoms with Crippen molar-refractivity contribution >= 4 is 28.9 Å². The van der Waals surface area contributed by atoms with Crippen LogP contribution in [0.2, 0.25) is 5.02 Å². The van der Waals surface area contributed by atoms with E-state index >= 15 is 0 Å². The molecule has 1 N–H and O–H groups in total. The summed E-state index contributed by atoms with van der Waals surface area (Å²) in [5.74, 6) is 0.291. The van der Waals surface area contributed by atoms with Crippen molar-refractivity contribution in [3.63, 3.8) is 0 Å². The zero-order chi connectivity index (χ0) is 19.2. The molecule has 3 rings (SSSR count). The first kappa shape index (κ1) is 19.5. The molecule has 7 heteroatoms. The first-order valence-electron chi connectivity index (χ1n) is 8.92.